The topological polar surface area (TPSA) is 35.6 Å². The van der Waals surface area contributed by atoms with E-state index in [9.17, 15) is 0 Å². The molecule has 106 valence electrons. The molecule has 0 spiro atoms. The molecule has 0 N–H and O–H groups in total. The summed E-state index contributed by atoms with van der Waals surface area (Å²) < 4.78 is 3.78. The summed E-state index contributed by atoms with van der Waals surface area (Å²) >= 11 is 1.61. The van der Waals surface area contributed by atoms with Crippen LogP contribution in [0.4, 0.5) is 0 Å². The average molecular weight is 468 g/mol. The molecule has 0 aliphatic heterocycles. The van der Waals surface area contributed by atoms with Crippen LogP contribution in [0.15, 0.2) is 55.1 Å². The number of hydrogen-bond donors (Lipinski definition) is 0. The van der Waals surface area contributed by atoms with E-state index < -0.39 is 0 Å². The summed E-state index contributed by atoms with van der Waals surface area (Å²) in [5.41, 5.74) is 2.26. The second-order valence-corrected chi connectivity index (χ2v) is 4.11. The van der Waals surface area contributed by atoms with Gasteiger partial charge in [0.15, 0.2) is 0 Å². The third-order valence-electron chi connectivity index (χ3n) is 2.70. The largest absolute Gasteiger partial charge is 0.270 e. The van der Waals surface area contributed by atoms with Gasteiger partial charge in [0.25, 0.3) is 0 Å². The molecule has 1 aromatic carbocycles. The van der Waals surface area contributed by atoms with E-state index in [0.717, 1.165) is 24.2 Å². The minimum atomic E-state index is 0.750. The van der Waals surface area contributed by atoms with Crippen molar-refractivity contribution in [1.82, 2.24) is 19.6 Å². The molecule has 0 saturated carbocycles. The van der Waals surface area contributed by atoms with E-state index in [1.54, 1.807) is 31.2 Å². The van der Waals surface area contributed by atoms with Crippen LogP contribution in [-0.2, 0) is 31.9 Å². The van der Waals surface area contributed by atoms with Gasteiger partial charge < -0.3 is 0 Å². The van der Waals surface area contributed by atoms with Crippen LogP contribution in [0.2, 0.25) is 0 Å². The molecule has 0 atom stereocenters. The van der Waals surface area contributed by atoms with Crippen LogP contribution in [0.1, 0.15) is 11.1 Å². The SMILES string of the molecule is [Cl][Pt+].[c-]1c(Cn2cccn2)cccc1Cn1cccn1. The smallest absolute Gasteiger partial charge is 0.0489 e. The fraction of sp³-hybridized carbons (Fsp3) is 0.143. The molecule has 0 unspecified atom stereocenters. The van der Waals surface area contributed by atoms with Gasteiger partial charge in [-0.25, -0.2) is 0 Å². The Kier molecular flexibility index (Phi) is 6.03. The van der Waals surface area contributed by atoms with E-state index in [1.807, 2.05) is 40.0 Å². The molecule has 0 amide bonds. The maximum atomic E-state index is 4.61. The first-order valence-corrected chi connectivity index (χ1v) is 8.78. The van der Waals surface area contributed by atoms with Gasteiger partial charge in [-0.15, -0.1) is 11.1 Å². The van der Waals surface area contributed by atoms with E-state index in [4.69, 9.17) is 0 Å². The number of halogens is 1. The number of rotatable bonds is 4. The zero-order valence-electron chi connectivity index (χ0n) is 10.6. The van der Waals surface area contributed by atoms with Gasteiger partial charge in [0.05, 0.1) is 0 Å². The summed E-state index contributed by atoms with van der Waals surface area (Å²) in [4.78, 5) is 0. The van der Waals surface area contributed by atoms with E-state index in [2.05, 4.69) is 37.8 Å². The first-order valence-electron chi connectivity index (χ1n) is 5.97. The van der Waals surface area contributed by atoms with Gasteiger partial charge in [-0.3, -0.25) is 9.36 Å². The Morgan fingerprint density at radius 1 is 0.900 bits per heavy atom. The van der Waals surface area contributed by atoms with Crippen molar-refractivity contribution in [3.63, 3.8) is 0 Å². The zero-order chi connectivity index (χ0) is 14.2. The second kappa shape index (κ2) is 8.03. The van der Waals surface area contributed by atoms with Crippen molar-refractivity contribution in [1.29, 1.82) is 0 Å². The van der Waals surface area contributed by atoms with Crippen molar-refractivity contribution in [2.75, 3.05) is 0 Å². The van der Waals surface area contributed by atoms with Crippen molar-refractivity contribution < 1.29 is 18.8 Å². The number of benzene rings is 1. The summed E-state index contributed by atoms with van der Waals surface area (Å²) in [6, 6.07) is 13.4. The van der Waals surface area contributed by atoms with Crippen LogP contribution in [0.25, 0.3) is 0 Å². The van der Waals surface area contributed by atoms with Crippen molar-refractivity contribution in [3.8, 4) is 0 Å². The van der Waals surface area contributed by atoms with Gasteiger partial charge in [-0.2, -0.15) is 34.5 Å². The Labute approximate surface area is 133 Å². The Balaban J connectivity index is 0.000000704. The Morgan fingerprint density at radius 2 is 1.40 bits per heavy atom. The van der Waals surface area contributed by atoms with Gasteiger partial charge in [0, 0.05) is 37.9 Å². The van der Waals surface area contributed by atoms with Crippen LogP contribution in [0, 0.1) is 6.07 Å². The molecule has 2 aromatic heterocycles. The van der Waals surface area contributed by atoms with E-state index >= 15 is 0 Å². The van der Waals surface area contributed by atoms with Crippen LogP contribution >= 0.6 is 9.42 Å². The molecule has 20 heavy (non-hydrogen) atoms. The molecule has 0 saturated heterocycles. The molecule has 2 heterocycles. The normalized spacial score (nSPS) is 9.95. The van der Waals surface area contributed by atoms with Crippen LogP contribution in [0.3, 0.4) is 0 Å². The fourth-order valence-electron chi connectivity index (χ4n) is 1.89. The summed E-state index contributed by atoms with van der Waals surface area (Å²) in [6.45, 7) is 1.50. The fourth-order valence-corrected chi connectivity index (χ4v) is 1.89. The molecule has 4 nitrogen and oxygen atoms in total. The number of nitrogens with zero attached hydrogens (tertiary/aromatic N) is 4. The molecule has 0 aliphatic rings. The molecular weight excluding hydrogens is 455 g/mol. The first-order chi connectivity index (χ1) is 9.90. The summed E-state index contributed by atoms with van der Waals surface area (Å²) in [7, 11) is 4.61. The molecule has 6 heteroatoms. The molecule has 0 radical (unpaired) electrons. The van der Waals surface area contributed by atoms with Gasteiger partial charge in [0.2, 0.25) is 0 Å². The van der Waals surface area contributed by atoms with Gasteiger partial charge in [-0.1, -0.05) is 0 Å². The Hall–Kier alpha value is -1.38. The summed E-state index contributed by atoms with van der Waals surface area (Å²) in [5, 5.41) is 8.39. The standard InChI is InChI=1S/C14H13N4.ClH.Pt/c1-4-13(11-17-8-2-6-15-17)10-14(5-1)12-18-9-3-7-16-18;;/h1-9H,11-12H2;1H;/q-1;;+2/p-1. The molecule has 3 aromatic rings. The van der Waals surface area contributed by atoms with E-state index in [1.165, 1.54) is 0 Å². The minimum Gasteiger partial charge on any atom is -0.270 e. The monoisotopic (exact) mass is 467 g/mol. The first kappa shape index (κ1) is 15.0. The quantitative estimate of drug-likeness (QED) is 0.553. The van der Waals surface area contributed by atoms with Crippen LogP contribution < -0.4 is 0 Å². The average Bonchev–Trinajstić information content (AvgIpc) is 3.15. The zero-order valence-corrected chi connectivity index (χ0v) is 13.6. The summed E-state index contributed by atoms with van der Waals surface area (Å²) in [5.74, 6) is 0. The van der Waals surface area contributed by atoms with Crippen molar-refractivity contribution in [2.24, 2.45) is 0 Å². The molecule has 3 rings (SSSR count). The van der Waals surface area contributed by atoms with Crippen molar-refractivity contribution in [3.05, 3.63) is 72.3 Å². The predicted octanol–water partition coefficient (Wildman–Crippen LogP) is 2.66. The van der Waals surface area contributed by atoms with E-state index in [0.29, 0.717) is 0 Å². The maximum Gasteiger partial charge on any atom is 0.0489 e. The number of aromatic nitrogens is 4. The molecule has 0 fully saturated rings. The molecule has 0 aliphatic carbocycles. The van der Waals surface area contributed by atoms with Crippen LogP contribution in [-0.4, -0.2) is 19.6 Å². The predicted molar refractivity (Wildman–Crippen MR) is 73.8 cm³/mol. The minimum absolute atomic E-state index is 0.750. The maximum absolute atomic E-state index is 4.61. The number of hydrogen-bond acceptors (Lipinski definition) is 2. The Bertz CT molecular complexity index is 556. The van der Waals surface area contributed by atoms with Crippen molar-refractivity contribution in [2.45, 2.75) is 13.1 Å². The second-order valence-electron chi connectivity index (χ2n) is 4.11. The molecular formula is C14H13ClN4Pt. The van der Waals surface area contributed by atoms with E-state index in [-0.39, 0.29) is 0 Å². The van der Waals surface area contributed by atoms with Gasteiger partial charge >= 0.3 is 28.2 Å². The van der Waals surface area contributed by atoms with Crippen molar-refractivity contribution >= 4 is 9.42 Å². The summed E-state index contributed by atoms with van der Waals surface area (Å²) in [6.07, 6.45) is 7.48. The van der Waals surface area contributed by atoms with Crippen LogP contribution in [0.5, 0.6) is 0 Å². The third kappa shape index (κ3) is 4.32. The molecule has 0 bridgehead atoms. The van der Waals surface area contributed by atoms with Gasteiger partial charge in [0.1, 0.15) is 0 Å². The Morgan fingerprint density at radius 3 is 1.80 bits per heavy atom. The van der Waals surface area contributed by atoms with Gasteiger partial charge in [-0.05, 0) is 12.1 Å². The third-order valence-corrected chi connectivity index (χ3v) is 2.70.